The Bertz CT molecular complexity index is 430. The third kappa shape index (κ3) is 3.83. The van der Waals surface area contributed by atoms with Crippen molar-refractivity contribution in [3.8, 4) is 5.75 Å². The number of aromatic nitrogens is 1. The largest absolute Gasteiger partial charge is 0.492 e. The molecule has 0 spiro atoms. The predicted molar refractivity (Wildman–Crippen MR) is 65.1 cm³/mol. The number of aliphatic hydroxyl groups is 1. The van der Waals surface area contributed by atoms with Gasteiger partial charge in [-0.1, -0.05) is 20.8 Å². The Morgan fingerprint density at radius 1 is 1.32 bits per heavy atom. The minimum Gasteiger partial charge on any atom is -0.492 e. The molecule has 0 bridgehead atoms. The van der Waals surface area contributed by atoms with E-state index in [2.05, 4.69) is 4.98 Å². The summed E-state index contributed by atoms with van der Waals surface area (Å²) in [7, 11) is 0. The van der Waals surface area contributed by atoms with Crippen LogP contribution in [0.1, 0.15) is 38.4 Å². The third-order valence-electron chi connectivity index (χ3n) is 2.68. The molecule has 0 amide bonds. The van der Waals surface area contributed by atoms with E-state index >= 15 is 0 Å². The quantitative estimate of drug-likeness (QED) is 0.899. The maximum atomic E-state index is 13.0. The lowest BCUT2D eigenvalue weighted by atomic mass is 9.86. The van der Waals surface area contributed by atoms with E-state index in [1.807, 2.05) is 6.92 Å². The van der Waals surface area contributed by atoms with Gasteiger partial charge in [-0.3, -0.25) is 4.98 Å². The first kappa shape index (κ1) is 15.8. The fraction of sp³-hybridized carbons (Fsp3) is 0.615. The zero-order chi connectivity index (χ0) is 14.7. The van der Waals surface area contributed by atoms with E-state index < -0.39 is 23.8 Å². The first-order chi connectivity index (χ1) is 8.72. The molecular formula is C13H18F3NO2. The van der Waals surface area contributed by atoms with E-state index in [-0.39, 0.29) is 11.4 Å². The van der Waals surface area contributed by atoms with E-state index in [4.69, 9.17) is 4.74 Å². The average Bonchev–Trinajstić information content (AvgIpc) is 2.35. The zero-order valence-electron chi connectivity index (χ0n) is 11.2. The molecule has 0 saturated carbocycles. The second-order valence-corrected chi connectivity index (χ2v) is 4.96. The van der Waals surface area contributed by atoms with Crippen molar-refractivity contribution in [2.45, 2.75) is 38.8 Å². The second kappa shape index (κ2) is 5.77. The summed E-state index contributed by atoms with van der Waals surface area (Å²) in [6.07, 6.45) is -2.57. The van der Waals surface area contributed by atoms with Crippen LogP contribution in [0.15, 0.2) is 12.3 Å². The minimum atomic E-state index is -4.53. The molecule has 1 aromatic rings. The lowest BCUT2D eigenvalue weighted by Crippen LogP contribution is -2.28. The molecule has 6 heteroatoms. The van der Waals surface area contributed by atoms with Gasteiger partial charge in [0, 0.05) is 5.41 Å². The van der Waals surface area contributed by atoms with E-state index in [0.29, 0.717) is 13.0 Å². The minimum absolute atomic E-state index is 0.0895. The van der Waals surface area contributed by atoms with E-state index in [1.165, 1.54) is 20.0 Å². The lowest BCUT2D eigenvalue weighted by Gasteiger charge is -2.25. The van der Waals surface area contributed by atoms with Crippen LogP contribution in [0.25, 0.3) is 0 Å². The molecule has 108 valence electrons. The molecule has 19 heavy (non-hydrogen) atoms. The summed E-state index contributed by atoms with van der Waals surface area (Å²) in [6.45, 7) is 4.80. The van der Waals surface area contributed by atoms with Gasteiger partial charge in [0.15, 0.2) is 0 Å². The predicted octanol–water partition coefficient (Wildman–Crippen LogP) is 3.16. The molecule has 3 nitrogen and oxygen atoms in total. The molecule has 0 atom stereocenters. The number of alkyl halides is 3. The normalized spacial score (nSPS) is 12.6. The van der Waals surface area contributed by atoms with Crippen molar-refractivity contribution < 1.29 is 23.0 Å². The van der Waals surface area contributed by atoms with Crippen molar-refractivity contribution in [3.05, 3.63) is 23.5 Å². The van der Waals surface area contributed by atoms with Gasteiger partial charge < -0.3 is 9.84 Å². The number of nitrogens with zero attached hydrogens (tertiary/aromatic N) is 1. The van der Waals surface area contributed by atoms with Crippen LogP contribution in [0.2, 0.25) is 0 Å². The highest BCUT2D eigenvalue weighted by Crippen LogP contribution is 2.38. The van der Waals surface area contributed by atoms with Gasteiger partial charge >= 0.3 is 6.18 Å². The fourth-order valence-corrected chi connectivity index (χ4v) is 1.57. The Morgan fingerprint density at radius 3 is 2.42 bits per heavy atom. The van der Waals surface area contributed by atoms with E-state index in [1.54, 1.807) is 0 Å². The Hall–Kier alpha value is -1.30. The van der Waals surface area contributed by atoms with Gasteiger partial charge in [-0.05, 0) is 12.5 Å². The summed E-state index contributed by atoms with van der Waals surface area (Å²) < 4.78 is 44.3. The Kier molecular flexibility index (Phi) is 4.79. The summed E-state index contributed by atoms with van der Waals surface area (Å²) in [4.78, 5) is 3.84. The molecule has 0 unspecified atom stereocenters. The highest BCUT2D eigenvalue weighted by molar-refractivity contribution is 5.35. The molecule has 0 aliphatic heterocycles. The Morgan fingerprint density at radius 2 is 1.95 bits per heavy atom. The topological polar surface area (TPSA) is 42.4 Å². The first-order valence-corrected chi connectivity index (χ1v) is 6.03. The molecule has 0 fully saturated rings. The number of hydrogen-bond acceptors (Lipinski definition) is 3. The van der Waals surface area contributed by atoms with Crippen molar-refractivity contribution in [2.75, 3.05) is 13.2 Å². The molecule has 0 saturated heterocycles. The van der Waals surface area contributed by atoms with Gasteiger partial charge in [0.05, 0.1) is 30.7 Å². The number of rotatable bonds is 5. The number of halogens is 3. The number of ether oxygens (including phenoxy) is 1. The van der Waals surface area contributed by atoms with Gasteiger partial charge in [-0.2, -0.15) is 13.2 Å². The van der Waals surface area contributed by atoms with Crippen LogP contribution in [0.4, 0.5) is 13.2 Å². The highest BCUT2D eigenvalue weighted by Gasteiger charge is 2.39. The van der Waals surface area contributed by atoms with Crippen molar-refractivity contribution in [1.82, 2.24) is 4.98 Å². The zero-order valence-corrected chi connectivity index (χ0v) is 11.2. The number of pyridine rings is 1. The first-order valence-electron chi connectivity index (χ1n) is 6.03. The maximum Gasteiger partial charge on any atom is 0.418 e. The highest BCUT2D eigenvalue weighted by atomic mass is 19.4. The second-order valence-electron chi connectivity index (χ2n) is 4.96. The van der Waals surface area contributed by atoms with Crippen LogP contribution in [0.5, 0.6) is 5.75 Å². The van der Waals surface area contributed by atoms with E-state index in [0.717, 1.165) is 6.07 Å². The molecule has 1 N–H and O–H groups in total. The van der Waals surface area contributed by atoms with Crippen LogP contribution in [0, 0.1) is 0 Å². The van der Waals surface area contributed by atoms with Gasteiger partial charge in [0.25, 0.3) is 0 Å². The van der Waals surface area contributed by atoms with E-state index in [9.17, 15) is 18.3 Å². The average molecular weight is 277 g/mol. The summed E-state index contributed by atoms with van der Waals surface area (Å²) in [6, 6.07) is 0.940. The molecule has 0 aromatic carbocycles. The summed E-state index contributed by atoms with van der Waals surface area (Å²) in [5, 5.41) is 9.21. The summed E-state index contributed by atoms with van der Waals surface area (Å²) >= 11 is 0. The molecule has 1 aromatic heterocycles. The smallest absolute Gasteiger partial charge is 0.418 e. The maximum absolute atomic E-state index is 13.0. The van der Waals surface area contributed by atoms with Crippen LogP contribution >= 0.6 is 0 Å². The monoisotopic (exact) mass is 277 g/mol. The standard InChI is InChI=1S/C13H18F3NO2/c1-4-5-19-9-6-10(13(14,15)16)11(17-7-9)12(2,3)8-18/h6-7,18H,4-5,8H2,1-3H3. The van der Waals surface area contributed by atoms with Gasteiger partial charge in [-0.25, -0.2) is 0 Å². The molecule has 0 radical (unpaired) electrons. The molecular weight excluding hydrogens is 259 g/mol. The van der Waals surface area contributed by atoms with Crippen LogP contribution < -0.4 is 4.74 Å². The van der Waals surface area contributed by atoms with Gasteiger partial charge in [0.2, 0.25) is 0 Å². The van der Waals surface area contributed by atoms with Gasteiger partial charge in [0.1, 0.15) is 5.75 Å². The summed E-state index contributed by atoms with van der Waals surface area (Å²) in [5.74, 6) is 0.0895. The Labute approximate surface area is 110 Å². The Balaban J connectivity index is 3.25. The number of hydrogen-bond donors (Lipinski definition) is 1. The third-order valence-corrected chi connectivity index (χ3v) is 2.68. The number of aliphatic hydroxyl groups excluding tert-OH is 1. The lowest BCUT2D eigenvalue weighted by molar-refractivity contribution is -0.139. The molecule has 1 heterocycles. The molecule has 0 aliphatic carbocycles. The van der Waals surface area contributed by atoms with Crippen LogP contribution in [-0.2, 0) is 11.6 Å². The fourth-order valence-electron chi connectivity index (χ4n) is 1.57. The van der Waals surface area contributed by atoms with Crippen molar-refractivity contribution in [3.63, 3.8) is 0 Å². The van der Waals surface area contributed by atoms with Crippen LogP contribution in [0.3, 0.4) is 0 Å². The van der Waals surface area contributed by atoms with Crippen molar-refractivity contribution in [1.29, 1.82) is 0 Å². The van der Waals surface area contributed by atoms with Crippen molar-refractivity contribution >= 4 is 0 Å². The van der Waals surface area contributed by atoms with Crippen molar-refractivity contribution in [2.24, 2.45) is 0 Å². The molecule has 0 aliphatic rings. The van der Waals surface area contributed by atoms with Crippen LogP contribution in [-0.4, -0.2) is 23.3 Å². The molecule has 1 rings (SSSR count). The van der Waals surface area contributed by atoms with Gasteiger partial charge in [-0.15, -0.1) is 0 Å². The summed E-state index contributed by atoms with van der Waals surface area (Å²) in [5.41, 5.74) is -2.10. The SMILES string of the molecule is CCCOc1cnc(C(C)(C)CO)c(C(F)(F)F)c1.